The molecule has 0 saturated carbocycles. The van der Waals surface area contributed by atoms with E-state index in [1.165, 1.54) is 0 Å². The van der Waals surface area contributed by atoms with Gasteiger partial charge in [-0.25, -0.2) is 0 Å². The highest BCUT2D eigenvalue weighted by atomic mass is 32.1. The Bertz CT molecular complexity index is 1310. The van der Waals surface area contributed by atoms with Gasteiger partial charge in [-0.1, -0.05) is 12.1 Å². The quantitative estimate of drug-likeness (QED) is 0.228. The SMILES string of the molecule is CCOc1ccc(NC(=O)c2ccccc2NC(=S)NC(=O)c2cc([N+](=O)[O-])cc([N+](=O)[O-])c2)cc1. The van der Waals surface area contributed by atoms with Crippen molar-refractivity contribution in [2.45, 2.75) is 6.92 Å². The zero-order valence-electron chi connectivity index (χ0n) is 18.7. The number of carbonyl (C=O) groups excluding carboxylic acids is 2. The molecule has 12 nitrogen and oxygen atoms in total. The molecule has 13 heteroatoms. The van der Waals surface area contributed by atoms with Gasteiger partial charge < -0.3 is 15.4 Å². The highest BCUT2D eigenvalue weighted by molar-refractivity contribution is 7.80. The van der Waals surface area contributed by atoms with E-state index in [1.807, 2.05) is 6.92 Å². The number of nitrogens with zero attached hydrogens (tertiary/aromatic N) is 2. The number of amides is 2. The molecule has 0 saturated heterocycles. The number of para-hydroxylation sites is 1. The van der Waals surface area contributed by atoms with E-state index in [-0.39, 0.29) is 21.9 Å². The highest BCUT2D eigenvalue weighted by Gasteiger charge is 2.21. The fraction of sp³-hybridized carbons (Fsp3) is 0.0870. The van der Waals surface area contributed by atoms with Gasteiger partial charge in [0, 0.05) is 17.8 Å². The van der Waals surface area contributed by atoms with E-state index in [9.17, 15) is 29.8 Å². The van der Waals surface area contributed by atoms with E-state index in [0.717, 1.165) is 18.2 Å². The summed E-state index contributed by atoms with van der Waals surface area (Å²) in [5, 5.41) is 29.7. The number of hydrogen-bond donors (Lipinski definition) is 3. The van der Waals surface area contributed by atoms with Crippen LogP contribution in [0.15, 0.2) is 66.7 Å². The second-order valence-electron chi connectivity index (χ2n) is 7.12. The van der Waals surface area contributed by atoms with Gasteiger partial charge in [0.05, 0.1) is 39.3 Å². The van der Waals surface area contributed by atoms with Crippen molar-refractivity contribution in [2.75, 3.05) is 17.2 Å². The molecule has 0 radical (unpaired) electrons. The maximum absolute atomic E-state index is 12.8. The van der Waals surface area contributed by atoms with Crippen LogP contribution < -0.4 is 20.7 Å². The average molecular weight is 510 g/mol. The second kappa shape index (κ2) is 11.5. The van der Waals surface area contributed by atoms with E-state index < -0.39 is 33.0 Å². The molecule has 0 aromatic heterocycles. The number of nitro benzene ring substituents is 2. The number of hydrogen-bond acceptors (Lipinski definition) is 8. The molecule has 3 N–H and O–H groups in total. The van der Waals surface area contributed by atoms with Gasteiger partial charge in [-0.05, 0) is 55.5 Å². The number of anilines is 2. The number of carbonyl (C=O) groups is 2. The summed E-state index contributed by atoms with van der Waals surface area (Å²) < 4.78 is 5.38. The summed E-state index contributed by atoms with van der Waals surface area (Å²) in [6.45, 7) is 2.37. The van der Waals surface area contributed by atoms with Gasteiger partial charge in [0.1, 0.15) is 5.75 Å². The molecule has 0 heterocycles. The molecule has 0 spiro atoms. The lowest BCUT2D eigenvalue weighted by Crippen LogP contribution is -2.34. The van der Waals surface area contributed by atoms with Crippen LogP contribution in [0.2, 0.25) is 0 Å². The second-order valence-corrected chi connectivity index (χ2v) is 7.53. The normalized spacial score (nSPS) is 10.1. The Kier molecular flexibility index (Phi) is 8.20. The van der Waals surface area contributed by atoms with Crippen molar-refractivity contribution >= 4 is 51.9 Å². The van der Waals surface area contributed by atoms with Gasteiger partial charge in [-0.15, -0.1) is 0 Å². The van der Waals surface area contributed by atoms with Gasteiger partial charge in [-0.2, -0.15) is 0 Å². The number of non-ortho nitro benzene ring substituents is 2. The smallest absolute Gasteiger partial charge is 0.277 e. The van der Waals surface area contributed by atoms with Crippen LogP contribution in [-0.4, -0.2) is 33.4 Å². The lowest BCUT2D eigenvalue weighted by atomic mass is 10.1. The number of ether oxygens (including phenoxy) is 1. The van der Waals surface area contributed by atoms with Crippen molar-refractivity contribution in [2.24, 2.45) is 0 Å². The molecule has 0 aliphatic carbocycles. The summed E-state index contributed by atoms with van der Waals surface area (Å²) >= 11 is 5.14. The summed E-state index contributed by atoms with van der Waals surface area (Å²) in [4.78, 5) is 45.8. The van der Waals surface area contributed by atoms with E-state index >= 15 is 0 Å². The third-order valence-corrected chi connectivity index (χ3v) is 4.86. The molecular formula is C23H19N5O7S. The van der Waals surface area contributed by atoms with Gasteiger partial charge in [0.25, 0.3) is 23.2 Å². The van der Waals surface area contributed by atoms with E-state index in [1.54, 1.807) is 48.5 Å². The van der Waals surface area contributed by atoms with E-state index in [0.29, 0.717) is 18.0 Å². The molecule has 3 rings (SSSR count). The van der Waals surface area contributed by atoms with Crippen LogP contribution in [0.25, 0.3) is 0 Å². The molecule has 0 atom stereocenters. The molecule has 3 aromatic carbocycles. The first kappa shape index (κ1) is 25.7. The van der Waals surface area contributed by atoms with Gasteiger partial charge in [0.2, 0.25) is 0 Å². The maximum atomic E-state index is 12.8. The van der Waals surface area contributed by atoms with Crippen LogP contribution in [0.4, 0.5) is 22.7 Å². The maximum Gasteiger partial charge on any atom is 0.277 e. The zero-order chi connectivity index (χ0) is 26.2. The molecule has 0 aliphatic rings. The Balaban J connectivity index is 1.72. The first-order chi connectivity index (χ1) is 17.2. The fourth-order valence-corrected chi connectivity index (χ4v) is 3.26. The molecular weight excluding hydrogens is 490 g/mol. The first-order valence-electron chi connectivity index (χ1n) is 10.4. The third-order valence-electron chi connectivity index (χ3n) is 4.66. The molecule has 184 valence electrons. The lowest BCUT2D eigenvalue weighted by Gasteiger charge is -2.14. The molecule has 36 heavy (non-hydrogen) atoms. The highest BCUT2D eigenvalue weighted by Crippen LogP contribution is 2.23. The Morgan fingerprint density at radius 3 is 2.08 bits per heavy atom. The summed E-state index contributed by atoms with van der Waals surface area (Å²) in [6, 6.07) is 15.7. The van der Waals surface area contributed by atoms with Crippen molar-refractivity contribution in [3.05, 3.63) is 98.1 Å². The number of rotatable bonds is 8. The number of nitro groups is 2. The minimum atomic E-state index is -0.907. The first-order valence-corrected chi connectivity index (χ1v) is 10.8. The van der Waals surface area contributed by atoms with Crippen LogP contribution in [0.1, 0.15) is 27.6 Å². The minimum Gasteiger partial charge on any atom is -0.494 e. The summed E-state index contributed by atoms with van der Waals surface area (Å²) in [6.07, 6.45) is 0. The Morgan fingerprint density at radius 2 is 1.50 bits per heavy atom. The van der Waals surface area contributed by atoms with Crippen molar-refractivity contribution < 1.29 is 24.2 Å². The van der Waals surface area contributed by atoms with Crippen LogP contribution in [0.3, 0.4) is 0 Å². The van der Waals surface area contributed by atoms with Crippen LogP contribution in [0, 0.1) is 20.2 Å². The van der Waals surface area contributed by atoms with Gasteiger partial charge in [-0.3, -0.25) is 35.1 Å². The molecule has 0 fully saturated rings. The van der Waals surface area contributed by atoms with Crippen LogP contribution >= 0.6 is 12.2 Å². The molecule has 0 unspecified atom stereocenters. The standard InChI is InChI=1S/C23H19N5O7S/c1-2-35-18-9-7-15(8-10-18)24-22(30)19-5-3-4-6-20(19)25-23(36)26-21(29)14-11-16(27(31)32)13-17(12-14)28(33)34/h3-13H,2H2,1H3,(H,24,30)(H2,25,26,29,36). The number of nitrogens with one attached hydrogen (secondary N) is 3. The van der Waals surface area contributed by atoms with Crippen LogP contribution in [0.5, 0.6) is 5.75 Å². The van der Waals surface area contributed by atoms with Crippen molar-refractivity contribution in [3.8, 4) is 5.75 Å². The van der Waals surface area contributed by atoms with E-state index in [2.05, 4.69) is 16.0 Å². The number of thiocarbonyl (C=S) groups is 1. The van der Waals surface area contributed by atoms with Crippen LogP contribution in [-0.2, 0) is 0 Å². The predicted molar refractivity (Wildman–Crippen MR) is 135 cm³/mol. The van der Waals surface area contributed by atoms with Crippen molar-refractivity contribution in [1.82, 2.24) is 5.32 Å². The summed E-state index contributed by atoms with van der Waals surface area (Å²) in [5.74, 6) is -0.700. The Labute approximate surface area is 209 Å². The molecule has 0 bridgehead atoms. The molecule has 2 amide bonds. The monoisotopic (exact) mass is 509 g/mol. The minimum absolute atomic E-state index is 0.217. The van der Waals surface area contributed by atoms with Crippen molar-refractivity contribution in [1.29, 1.82) is 0 Å². The summed E-state index contributed by atoms with van der Waals surface area (Å²) in [7, 11) is 0. The largest absolute Gasteiger partial charge is 0.494 e. The van der Waals surface area contributed by atoms with Crippen molar-refractivity contribution in [3.63, 3.8) is 0 Å². The van der Waals surface area contributed by atoms with Gasteiger partial charge in [0.15, 0.2) is 5.11 Å². The van der Waals surface area contributed by atoms with E-state index in [4.69, 9.17) is 17.0 Å². The zero-order valence-corrected chi connectivity index (χ0v) is 19.5. The fourth-order valence-electron chi connectivity index (χ4n) is 3.06. The van der Waals surface area contributed by atoms with Gasteiger partial charge >= 0.3 is 0 Å². The topological polar surface area (TPSA) is 166 Å². The Morgan fingerprint density at radius 1 is 0.889 bits per heavy atom. The molecule has 3 aromatic rings. The Hall–Kier alpha value is -4.91. The number of benzene rings is 3. The lowest BCUT2D eigenvalue weighted by molar-refractivity contribution is -0.394. The average Bonchev–Trinajstić information content (AvgIpc) is 2.85. The predicted octanol–water partition coefficient (Wildman–Crippen LogP) is 4.28. The molecule has 0 aliphatic heterocycles. The summed E-state index contributed by atoms with van der Waals surface area (Å²) in [5.41, 5.74) is -0.553. The third kappa shape index (κ3) is 6.57.